The van der Waals surface area contributed by atoms with Crippen LogP contribution < -0.4 is 5.32 Å². The molecule has 2 N–H and O–H groups in total. The third-order valence-corrected chi connectivity index (χ3v) is 2.68. The van der Waals surface area contributed by atoms with Crippen LogP contribution in [0.5, 0.6) is 0 Å². The summed E-state index contributed by atoms with van der Waals surface area (Å²) in [5.74, 6) is -0.409. The number of rotatable bonds is 9. The smallest absolute Gasteiger partial charge is 0.146 e. The van der Waals surface area contributed by atoms with Crippen LogP contribution in [0.4, 0.5) is 10.1 Å². The standard InChI is InChI=1S/C14H21ClFNO3/c1-10(2)20-6-5-19-9-12(18)8-17-14-7-11(15)3-4-13(14)16/h3-4,7,10,12,17-18H,5-6,8-9H2,1-2H3. The van der Waals surface area contributed by atoms with Crippen LogP contribution in [0.15, 0.2) is 18.2 Å². The Kier molecular flexibility index (Phi) is 7.84. The molecule has 0 radical (unpaired) electrons. The lowest BCUT2D eigenvalue weighted by Gasteiger charge is -2.14. The van der Waals surface area contributed by atoms with Crippen molar-refractivity contribution in [3.05, 3.63) is 29.0 Å². The van der Waals surface area contributed by atoms with Gasteiger partial charge in [0.1, 0.15) is 5.82 Å². The topological polar surface area (TPSA) is 50.7 Å². The van der Waals surface area contributed by atoms with Crippen molar-refractivity contribution in [2.24, 2.45) is 0 Å². The van der Waals surface area contributed by atoms with E-state index < -0.39 is 11.9 Å². The molecule has 0 fully saturated rings. The second kappa shape index (κ2) is 9.13. The minimum absolute atomic E-state index is 0.163. The molecule has 1 atom stereocenters. The zero-order valence-corrected chi connectivity index (χ0v) is 12.5. The summed E-state index contributed by atoms with van der Waals surface area (Å²) in [4.78, 5) is 0. The van der Waals surface area contributed by atoms with Gasteiger partial charge < -0.3 is 19.9 Å². The minimum Gasteiger partial charge on any atom is -0.389 e. The van der Waals surface area contributed by atoms with Crippen molar-refractivity contribution in [2.45, 2.75) is 26.1 Å². The monoisotopic (exact) mass is 305 g/mol. The highest BCUT2D eigenvalue weighted by Crippen LogP contribution is 2.19. The van der Waals surface area contributed by atoms with E-state index in [0.29, 0.717) is 18.2 Å². The number of benzene rings is 1. The fourth-order valence-corrected chi connectivity index (χ4v) is 1.65. The largest absolute Gasteiger partial charge is 0.389 e. The van der Waals surface area contributed by atoms with Gasteiger partial charge in [0.05, 0.1) is 37.7 Å². The summed E-state index contributed by atoms with van der Waals surface area (Å²) in [5.41, 5.74) is 0.264. The Morgan fingerprint density at radius 3 is 2.80 bits per heavy atom. The first kappa shape index (κ1) is 17.2. The molecule has 4 nitrogen and oxygen atoms in total. The predicted molar refractivity (Wildman–Crippen MR) is 77.8 cm³/mol. The molecular formula is C14H21ClFNO3. The third-order valence-electron chi connectivity index (χ3n) is 2.45. The van der Waals surface area contributed by atoms with Gasteiger partial charge in [0.2, 0.25) is 0 Å². The van der Waals surface area contributed by atoms with Crippen LogP contribution in [0.2, 0.25) is 5.02 Å². The molecule has 0 aliphatic heterocycles. The summed E-state index contributed by atoms with van der Waals surface area (Å²) < 4.78 is 23.9. The molecule has 0 spiro atoms. The van der Waals surface area contributed by atoms with Crippen LogP contribution >= 0.6 is 11.6 Å². The highest BCUT2D eigenvalue weighted by atomic mass is 35.5. The van der Waals surface area contributed by atoms with Gasteiger partial charge in [0.15, 0.2) is 0 Å². The van der Waals surface area contributed by atoms with Crippen LogP contribution in [0.1, 0.15) is 13.8 Å². The molecule has 1 unspecified atom stereocenters. The average molecular weight is 306 g/mol. The van der Waals surface area contributed by atoms with E-state index >= 15 is 0 Å². The summed E-state index contributed by atoms with van der Waals surface area (Å²) in [5, 5.41) is 12.9. The lowest BCUT2D eigenvalue weighted by Crippen LogP contribution is -2.26. The Bertz CT molecular complexity index is 404. The zero-order valence-electron chi connectivity index (χ0n) is 11.7. The Morgan fingerprint density at radius 2 is 2.10 bits per heavy atom. The van der Waals surface area contributed by atoms with Gasteiger partial charge in [-0.05, 0) is 32.0 Å². The normalized spacial score (nSPS) is 12.7. The van der Waals surface area contributed by atoms with Crippen molar-refractivity contribution in [3.8, 4) is 0 Å². The molecule has 0 bridgehead atoms. The number of hydrogen-bond donors (Lipinski definition) is 2. The van der Waals surface area contributed by atoms with Crippen LogP contribution in [-0.4, -0.2) is 43.7 Å². The van der Waals surface area contributed by atoms with Gasteiger partial charge in [0, 0.05) is 11.6 Å². The quantitative estimate of drug-likeness (QED) is 0.689. The molecule has 0 aliphatic carbocycles. The molecule has 1 aromatic rings. The van der Waals surface area contributed by atoms with Crippen molar-refractivity contribution in [3.63, 3.8) is 0 Å². The van der Waals surface area contributed by atoms with Gasteiger partial charge in [-0.2, -0.15) is 0 Å². The lowest BCUT2D eigenvalue weighted by atomic mass is 10.3. The number of anilines is 1. The summed E-state index contributed by atoms with van der Waals surface area (Å²) >= 11 is 5.77. The second-order valence-corrected chi connectivity index (χ2v) is 5.09. The number of aliphatic hydroxyl groups excluding tert-OH is 1. The molecule has 1 rings (SSSR count). The fourth-order valence-electron chi connectivity index (χ4n) is 1.48. The molecule has 0 aromatic heterocycles. The first-order chi connectivity index (χ1) is 9.49. The zero-order chi connectivity index (χ0) is 15.0. The summed E-state index contributed by atoms with van der Waals surface area (Å²) in [6.07, 6.45) is -0.566. The summed E-state index contributed by atoms with van der Waals surface area (Å²) in [6, 6.07) is 4.22. The maximum absolute atomic E-state index is 13.4. The Hall–Kier alpha value is -0.880. The summed E-state index contributed by atoms with van der Waals surface area (Å²) in [6.45, 7) is 5.14. The van der Waals surface area contributed by atoms with Gasteiger partial charge in [0.25, 0.3) is 0 Å². The van der Waals surface area contributed by atoms with Crippen molar-refractivity contribution >= 4 is 17.3 Å². The van der Waals surface area contributed by atoms with Gasteiger partial charge >= 0.3 is 0 Å². The minimum atomic E-state index is -0.729. The molecule has 0 saturated heterocycles. The number of ether oxygens (including phenoxy) is 2. The molecule has 0 amide bonds. The van der Waals surface area contributed by atoms with E-state index in [1.54, 1.807) is 0 Å². The third kappa shape index (κ3) is 7.05. The first-order valence-electron chi connectivity index (χ1n) is 6.55. The molecule has 0 saturated carbocycles. The van der Waals surface area contributed by atoms with Crippen LogP contribution in [-0.2, 0) is 9.47 Å². The van der Waals surface area contributed by atoms with Crippen molar-refractivity contribution in [1.29, 1.82) is 0 Å². The fraction of sp³-hybridized carbons (Fsp3) is 0.571. The first-order valence-corrected chi connectivity index (χ1v) is 6.93. The highest BCUT2D eigenvalue weighted by molar-refractivity contribution is 6.30. The van der Waals surface area contributed by atoms with Crippen LogP contribution in [0.3, 0.4) is 0 Å². The van der Waals surface area contributed by atoms with Gasteiger partial charge in [-0.1, -0.05) is 11.6 Å². The van der Waals surface area contributed by atoms with Gasteiger partial charge in [-0.3, -0.25) is 0 Å². The van der Waals surface area contributed by atoms with E-state index in [2.05, 4.69) is 5.32 Å². The number of halogens is 2. The SMILES string of the molecule is CC(C)OCCOCC(O)CNc1cc(Cl)ccc1F. The maximum atomic E-state index is 13.4. The number of hydrogen-bond acceptors (Lipinski definition) is 4. The molecule has 0 heterocycles. The van der Waals surface area contributed by atoms with Crippen LogP contribution in [0.25, 0.3) is 0 Å². The van der Waals surface area contributed by atoms with E-state index in [1.165, 1.54) is 18.2 Å². The van der Waals surface area contributed by atoms with E-state index in [9.17, 15) is 9.50 Å². The highest BCUT2D eigenvalue weighted by Gasteiger charge is 2.07. The van der Waals surface area contributed by atoms with E-state index in [1.807, 2.05) is 13.8 Å². The molecular weight excluding hydrogens is 285 g/mol. The van der Waals surface area contributed by atoms with Crippen molar-refractivity contribution < 1.29 is 19.0 Å². The van der Waals surface area contributed by atoms with Gasteiger partial charge in [-0.15, -0.1) is 0 Å². The molecule has 0 aliphatic rings. The lowest BCUT2D eigenvalue weighted by molar-refractivity contribution is -0.00735. The average Bonchev–Trinajstić information content (AvgIpc) is 2.39. The van der Waals surface area contributed by atoms with E-state index in [0.717, 1.165) is 0 Å². The molecule has 114 valence electrons. The maximum Gasteiger partial charge on any atom is 0.146 e. The Balaban J connectivity index is 2.19. The molecule has 20 heavy (non-hydrogen) atoms. The van der Waals surface area contributed by atoms with Crippen LogP contribution in [0, 0.1) is 5.82 Å². The summed E-state index contributed by atoms with van der Waals surface area (Å²) in [7, 11) is 0. The molecule has 1 aromatic carbocycles. The number of nitrogens with one attached hydrogen (secondary N) is 1. The van der Waals surface area contributed by atoms with E-state index in [4.69, 9.17) is 21.1 Å². The predicted octanol–water partition coefficient (Wildman–Crippen LogP) is 2.69. The Labute approximate surface area is 123 Å². The second-order valence-electron chi connectivity index (χ2n) is 4.65. The number of aliphatic hydroxyl groups is 1. The van der Waals surface area contributed by atoms with E-state index in [-0.39, 0.29) is 24.9 Å². The Morgan fingerprint density at radius 1 is 1.35 bits per heavy atom. The molecule has 6 heteroatoms. The van der Waals surface area contributed by atoms with Crippen molar-refractivity contribution in [2.75, 3.05) is 31.7 Å². The van der Waals surface area contributed by atoms with Crippen molar-refractivity contribution in [1.82, 2.24) is 0 Å². The van der Waals surface area contributed by atoms with Gasteiger partial charge in [-0.25, -0.2) is 4.39 Å².